The second-order valence-electron chi connectivity index (χ2n) is 9.60. The summed E-state index contributed by atoms with van der Waals surface area (Å²) < 4.78 is 42.5. The van der Waals surface area contributed by atoms with E-state index in [1.165, 1.54) is 25.1 Å². The molecule has 0 atom stereocenters. The van der Waals surface area contributed by atoms with E-state index in [0.29, 0.717) is 46.7 Å². The van der Waals surface area contributed by atoms with Crippen molar-refractivity contribution in [3.8, 4) is 17.3 Å². The number of anilines is 2. The first-order valence-corrected chi connectivity index (χ1v) is 12.8. The number of rotatable bonds is 8. The van der Waals surface area contributed by atoms with Crippen LogP contribution in [0.25, 0.3) is 17.5 Å². The highest BCUT2D eigenvalue weighted by Crippen LogP contribution is 2.32. The average molecular weight is 538 g/mol. The number of carbonyl (C=O) groups excluding carboxylic acids is 1. The fourth-order valence-corrected chi connectivity index (χ4v) is 4.93. The van der Waals surface area contributed by atoms with Crippen molar-refractivity contribution in [2.24, 2.45) is 0 Å². The molecule has 8 nitrogen and oxygen atoms in total. The molecule has 0 bridgehead atoms. The fraction of sp³-hybridized carbons (Fsp3) is 0.357. The second kappa shape index (κ2) is 11.4. The predicted molar refractivity (Wildman–Crippen MR) is 141 cm³/mol. The Kier molecular flexibility index (Phi) is 7.78. The van der Waals surface area contributed by atoms with Crippen molar-refractivity contribution in [3.05, 3.63) is 65.6 Å². The number of nitrogens with zero attached hydrogens (tertiary/aromatic N) is 5. The summed E-state index contributed by atoms with van der Waals surface area (Å²) in [5, 5.41) is 7.18. The number of hydrogen-bond acceptors (Lipinski definition) is 7. The minimum absolute atomic E-state index is 0.142. The number of alkyl halides is 3. The Hall–Kier alpha value is -3.99. The van der Waals surface area contributed by atoms with Crippen LogP contribution in [-0.4, -0.2) is 58.7 Å². The molecule has 1 N–H and O–H groups in total. The van der Waals surface area contributed by atoms with Crippen LogP contribution in [0, 0.1) is 0 Å². The van der Waals surface area contributed by atoms with Crippen molar-refractivity contribution >= 4 is 23.5 Å². The molecular weight excluding hydrogens is 509 g/mol. The van der Waals surface area contributed by atoms with E-state index in [4.69, 9.17) is 4.74 Å². The molecule has 2 aliphatic heterocycles. The maximum absolute atomic E-state index is 12.6. The Bertz CT molecular complexity index is 1350. The molecule has 0 spiro atoms. The van der Waals surface area contributed by atoms with Gasteiger partial charge >= 0.3 is 6.18 Å². The summed E-state index contributed by atoms with van der Waals surface area (Å²) in [6.07, 6.45) is 3.42. The van der Waals surface area contributed by atoms with E-state index in [0.717, 1.165) is 31.6 Å². The van der Waals surface area contributed by atoms with Crippen molar-refractivity contribution in [1.29, 1.82) is 0 Å². The van der Waals surface area contributed by atoms with Crippen LogP contribution in [0.2, 0.25) is 0 Å². The van der Waals surface area contributed by atoms with Gasteiger partial charge in [-0.15, -0.1) is 0 Å². The Morgan fingerprint density at radius 2 is 1.85 bits per heavy atom. The molecule has 1 fully saturated rings. The quantitative estimate of drug-likeness (QED) is 0.403. The lowest BCUT2D eigenvalue weighted by Gasteiger charge is -2.32. The number of methoxy groups -OCH3 is 1. The number of benzene rings is 1. The number of nitrogens with one attached hydrogen (secondary N) is 1. The molecule has 39 heavy (non-hydrogen) atoms. The Morgan fingerprint density at radius 3 is 2.56 bits per heavy atom. The van der Waals surface area contributed by atoms with Gasteiger partial charge in [-0.25, -0.2) is 15.3 Å². The third kappa shape index (κ3) is 6.54. The molecule has 1 radical (unpaired) electrons. The highest BCUT2D eigenvalue weighted by molar-refractivity contribution is 6.05. The molecule has 1 aromatic carbocycles. The van der Waals surface area contributed by atoms with Crippen LogP contribution in [0.3, 0.4) is 0 Å². The minimum atomic E-state index is -4.09. The van der Waals surface area contributed by atoms with Crippen LogP contribution in [0.5, 0.6) is 5.88 Å². The molecule has 4 heterocycles. The zero-order valence-electron chi connectivity index (χ0n) is 21.4. The van der Waals surface area contributed by atoms with Gasteiger partial charge in [0.1, 0.15) is 11.5 Å². The number of piperidine rings is 1. The van der Waals surface area contributed by atoms with Gasteiger partial charge in [0.05, 0.1) is 30.8 Å². The largest absolute Gasteiger partial charge is 0.480 e. The smallest absolute Gasteiger partial charge is 0.389 e. The van der Waals surface area contributed by atoms with Crippen LogP contribution < -0.4 is 15.4 Å². The molecule has 3 aromatic rings. The van der Waals surface area contributed by atoms with Gasteiger partial charge in [-0.3, -0.25) is 9.78 Å². The van der Waals surface area contributed by atoms with Gasteiger partial charge in [0.2, 0.25) is 5.88 Å². The summed E-state index contributed by atoms with van der Waals surface area (Å²) in [5.41, 5.74) is 4.02. The summed E-state index contributed by atoms with van der Waals surface area (Å²) in [6, 6.07) is 9.74. The molecule has 1 saturated heterocycles. The van der Waals surface area contributed by atoms with E-state index in [1.807, 2.05) is 24.3 Å². The lowest BCUT2D eigenvalue weighted by Crippen LogP contribution is -2.34. The van der Waals surface area contributed by atoms with Gasteiger partial charge in [-0.2, -0.15) is 13.2 Å². The zero-order chi connectivity index (χ0) is 27.4. The first-order valence-electron chi connectivity index (χ1n) is 12.8. The summed E-state index contributed by atoms with van der Waals surface area (Å²) >= 11 is 0. The molecule has 0 saturated carbocycles. The van der Waals surface area contributed by atoms with Crippen molar-refractivity contribution in [3.63, 3.8) is 0 Å². The molecule has 11 heteroatoms. The Labute approximate surface area is 224 Å². The van der Waals surface area contributed by atoms with E-state index >= 15 is 0 Å². The van der Waals surface area contributed by atoms with Crippen LogP contribution in [0.15, 0.2) is 48.9 Å². The molecule has 5 rings (SSSR count). The number of ether oxygens (including phenoxy) is 1. The summed E-state index contributed by atoms with van der Waals surface area (Å²) in [4.78, 5) is 28.0. The van der Waals surface area contributed by atoms with Crippen LogP contribution >= 0.6 is 0 Å². The van der Waals surface area contributed by atoms with Crippen molar-refractivity contribution in [1.82, 2.24) is 25.2 Å². The number of fused-ring (bicyclic) bond motifs is 1. The molecule has 2 aromatic heterocycles. The number of amides is 1. The SMILES string of the molecule is COc1cncc(-c2cc3c(c(Nc4ccc(C5CCN(CCCC(F)(F)F)CC5)cc4)n2)C(=O)[N]C=C3)n1. The molecule has 2 aliphatic rings. The fourth-order valence-electron chi connectivity index (χ4n) is 4.93. The van der Waals surface area contributed by atoms with Crippen LogP contribution in [-0.2, 0) is 0 Å². The standard InChI is InChI=1S/C28H28F3N6O2/c1-39-24-17-32-16-23(35-24)22-15-20-7-11-33-27(38)25(20)26(36-22)34-21-5-3-18(4-6-21)19-8-13-37(14-9-19)12-2-10-28(29,30)31/h3-7,11,15-17,19H,2,8-10,12-14H2,1H3,(H,34,36). The zero-order valence-corrected chi connectivity index (χ0v) is 21.4. The minimum Gasteiger partial charge on any atom is -0.480 e. The monoisotopic (exact) mass is 537 g/mol. The van der Waals surface area contributed by atoms with Gasteiger partial charge < -0.3 is 15.0 Å². The Balaban J connectivity index is 1.29. The lowest BCUT2D eigenvalue weighted by atomic mass is 9.89. The number of hydrogen-bond donors (Lipinski definition) is 1. The van der Waals surface area contributed by atoms with E-state index in [9.17, 15) is 18.0 Å². The van der Waals surface area contributed by atoms with Crippen LogP contribution in [0.1, 0.15) is 53.1 Å². The number of aromatic nitrogens is 3. The number of likely N-dealkylation sites (tertiary alicyclic amines) is 1. The van der Waals surface area contributed by atoms with E-state index in [2.05, 4.69) is 30.5 Å². The molecule has 1 amide bonds. The first kappa shape index (κ1) is 26.6. The summed E-state index contributed by atoms with van der Waals surface area (Å²) in [7, 11) is 1.51. The molecule has 0 unspecified atom stereocenters. The summed E-state index contributed by atoms with van der Waals surface area (Å²) in [5.74, 6) is 0.685. The average Bonchev–Trinajstić information content (AvgIpc) is 2.93. The molecule has 203 valence electrons. The maximum Gasteiger partial charge on any atom is 0.389 e. The van der Waals surface area contributed by atoms with Gasteiger partial charge in [0, 0.05) is 18.3 Å². The lowest BCUT2D eigenvalue weighted by molar-refractivity contribution is -0.136. The third-order valence-corrected chi connectivity index (χ3v) is 6.96. The second-order valence-corrected chi connectivity index (χ2v) is 9.60. The van der Waals surface area contributed by atoms with Crippen LogP contribution in [0.4, 0.5) is 24.7 Å². The van der Waals surface area contributed by atoms with Gasteiger partial charge in [0.25, 0.3) is 5.91 Å². The van der Waals surface area contributed by atoms with Gasteiger partial charge in [-0.1, -0.05) is 12.1 Å². The Morgan fingerprint density at radius 1 is 1.08 bits per heavy atom. The number of halogens is 3. The van der Waals surface area contributed by atoms with E-state index < -0.39 is 12.6 Å². The predicted octanol–water partition coefficient (Wildman–Crippen LogP) is 5.54. The number of carbonyl (C=O) groups is 1. The maximum atomic E-state index is 12.6. The van der Waals surface area contributed by atoms with Crippen molar-refractivity contribution < 1.29 is 22.7 Å². The first-order chi connectivity index (χ1) is 18.8. The van der Waals surface area contributed by atoms with Crippen molar-refractivity contribution in [2.45, 2.75) is 37.8 Å². The summed E-state index contributed by atoms with van der Waals surface area (Å²) in [6.45, 7) is 2.06. The molecule has 0 aliphatic carbocycles. The van der Waals surface area contributed by atoms with E-state index in [-0.39, 0.29) is 12.3 Å². The highest BCUT2D eigenvalue weighted by atomic mass is 19.4. The number of pyridine rings is 1. The third-order valence-electron chi connectivity index (χ3n) is 6.96. The molecular formula is C28H28F3N6O2. The normalized spacial score (nSPS) is 16.1. The topological polar surface area (TPSA) is 94.3 Å². The van der Waals surface area contributed by atoms with Gasteiger partial charge in [-0.05, 0) is 80.2 Å². The highest BCUT2D eigenvalue weighted by Gasteiger charge is 2.28. The van der Waals surface area contributed by atoms with Crippen molar-refractivity contribution in [2.75, 3.05) is 32.1 Å². The van der Waals surface area contributed by atoms with Gasteiger partial charge in [0.15, 0.2) is 0 Å². The van der Waals surface area contributed by atoms with E-state index in [1.54, 1.807) is 18.3 Å².